The minimum atomic E-state index is -0.255. The first-order valence-electron chi connectivity index (χ1n) is 11.1. The normalized spacial score (nSPS) is 11.3. The predicted molar refractivity (Wildman–Crippen MR) is 123 cm³/mol. The molecule has 3 heterocycles. The Kier molecular flexibility index (Phi) is 6.76. The molecule has 9 heteroatoms. The second-order valence-corrected chi connectivity index (χ2v) is 8.37. The van der Waals surface area contributed by atoms with Crippen LogP contribution in [0.25, 0.3) is 17.0 Å². The van der Waals surface area contributed by atoms with Gasteiger partial charge in [0.25, 0.3) is 5.78 Å². The molecule has 0 atom stereocenters. The van der Waals surface area contributed by atoms with E-state index in [1.807, 2.05) is 33.0 Å². The second-order valence-electron chi connectivity index (χ2n) is 8.37. The van der Waals surface area contributed by atoms with E-state index >= 15 is 0 Å². The monoisotopic (exact) mass is 449 g/mol. The molecule has 0 aliphatic rings. The van der Waals surface area contributed by atoms with Gasteiger partial charge in [0, 0.05) is 36.2 Å². The fourth-order valence-corrected chi connectivity index (χ4v) is 3.78. The fraction of sp³-hybridized carbons (Fsp3) is 0.375. The molecular weight excluding hydrogens is 421 g/mol. The number of aryl methyl sites for hydroxylation is 3. The van der Waals surface area contributed by atoms with Crippen molar-refractivity contribution in [1.29, 1.82) is 0 Å². The van der Waals surface area contributed by atoms with Crippen molar-refractivity contribution in [3.63, 3.8) is 0 Å². The minimum Gasteiger partial charge on any atom is -0.345 e. The van der Waals surface area contributed by atoms with Crippen LogP contribution in [0, 0.1) is 19.7 Å². The Hall–Kier alpha value is -3.62. The average Bonchev–Trinajstić information content (AvgIpc) is 3.41. The summed E-state index contributed by atoms with van der Waals surface area (Å²) in [5.41, 5.74) is 4.58. The van der Waals surface area contributed by atoms with Gasteiger partial charge >= 0.3 is 0 Å². The number of fused-ring (bicyclic) bond motifs is 1. The molecule has 1 amide bonds. The maximum atomic E-state index is 13.1. The summed E-state index contributed by atoms with van der Waals surface area (Å²) in [6.07, 6.45) is 3.95. The Labute approximate surface area is 191 Å². The number of aromatic amines is 1. The van der Waals surface area contributed by atoms with Gasteiger partial charge in [-0.3, -0.25) is 9.89 Å². The Bertz CT molecular complexity index is 1250. The van der Waals surface area contributed by atoms with E-state index in [9.17, 15) is 9.18 Å². The molecule has 172 valence electrons. The molecule has 0 spiro atoms. The molecule has 4 rings (SSSR count). The van der Waals surface area contributed by atoms with E-state index in [2.05, 4.69) is 25.3 Å². The quantitative estimate of drug-likeness (QED) is 0.394. The number of halogens is 1. The van der Waals surface area contributed by atoms with E-state index in [0.717, 1.165) is 54.0 Å². The van der Waals surface area contributed by atoms with Gasteiger partial charge in [0.2, 0.25) is 5.91 Å². The molecule has 0 bridgehead atoms. The average molecular weight is 450 g/mol. The molecular formula is C24H28FN7O. The third-order valence-electron chi connectivity index (χ3n) is 5.61. The van der Waals surface area contributed by atoms with Crippen LogP contribution in [0.3, 0.4) is 0 Å². The van der Waals surface area contributed by atoms with Gasteiger partial charge in [-0.2, -0.15) is 10.1 Å². The van der Waals surface area contributed by atoms with Crippen molar-refractivity contribution in [2.75, 3.05) is 13.6 Å². The maximum Gasteiger partial charge on any atom is 0.252 e. The number of hydrogen-bond donors (Lipinski definition) is 1. The summed E-state index contributed by atoms with van der Waals surface area (Å²) in [5, 5.41) is 11.8. The first-order chi connectivity index (χ1) is 15.9. The number of amides is 1. The van der Waals surface area contributed by atoms with Crippen molar-refractivity contribution < 1.29 is 9.18 Å². The SMILES string of the molecule is Cc1cc(C)n2nc(CC(=O)N(C)CCCCCc3cc(-c4ccc(F)cc4)n[nH]3)nc2n1. The van der Waals surface area contributed by atoms with Crippen molar-refractivity contribution in [2.45, 2.75) is 46.0 Å². The number of nitrogens with one attached hydrogen (secondary N) is 1. The summed E-state index contributed by atoms with van der Waals surface area (Å²) in [7, 11) is 1.82. The van der Waals surface area contributed by atoms with Crippen LogP contribution < -0.4 is 0 Å². The Morgan fingerprint density at radius 1 is 1.09 bits per heavy atom. The van der Waals surface area contributed by atoms with Crippen molar-refractivity contribution in [3.05, 3.63) is 65.1 Å². The number of rotatable bonds is 9. The number of carbonyl (C=O) groups is 1. The number of nitrogens with zero attached hydrogens (tertiary/aromatic N) is 6. The molecule has 0 saturated heterocycles. The lowest BCUT2D eigenvalue weighted by Crippen LogP contribution is -2.29. The Morgan fingerprint density at radius 3 is 2.67 bits per heavy atom. The largest absolute Gasteiger partial charge is 0.345 e. The molecule has 3 aromatic heterocycles. The molecule has 0 saturated carbocycles. The lowest BCUT2D eigenvalue weighted by molar-refractivity contribution is -0.129. The van der Waals surface area contributed by atoms with Crippen LogP contribution in [0.2, 0.25) is 0 Å². The predicted octanol–water partition coefficient (Wildman–Crippen LogP) is 3.68. The third kappa shape index (κ3) is 5.60. The standard InChI is InChI=1S/C24H28FN7O/c1-16-13-17(2)32-24(26-16)27-22(30-32)15-23(33)31(3)12-6-4-5-7-20-14-21(29-28-20)18-8-10-19(25)11-9-18/h8-11,13-14H,4-7,12,15H2,1-3H3,(H,28,29). The van der Waals surface area contributed by atoms with Gasteiger partial charge < -0.3 is 4.90 Å². The topological polar surface area (TPSA) is 92.1 Å². The van der Waals surface area contributed by atoms with Crippen LogP contribution in [0.5, 0.6) is 0 Å². The van der Waals surface area contributed by atoms with Crippen molar-refractivity contribution in [1.82, 2.24) is 34.7 Å². The summed E-state index contributed by atoms with van der Waals surface area (Å²) in [5.74, 6) is 0.760. The number of H-pyrrole nitrogens is 1. The molecule has 8 nitrogen and oxygen atoms in total. The van der Waals surface area contributed by atoms with Gasteiger partial charge in [-0.25, -0.2) is 13.9 Å². The van der Waals surface area contributed by atoms with E-state index in [0.29, 0.717) is 18.1 Å². The number of aromatic nitrogens is 6. The van der Waals surface area contributed by atoms with Crippen LogP contribution in [0.15, 0.2) is 36.4 Å². The molecule has 1 aromatic carbocycles. The van der Waals surface area contributed by atoms with Crippen LogP contribution in [0.4, 0.5) is 4.39 Å². The molecule has 0 fully saturated rings. The zero-order valence-electron chi connectivity index (χ0n) is 19.2. The lowest BCUT2D eigenvalue weighted by atomic mass is 10.1. The maximum absolute atomic E-state index is 13.1. The molecule has 0 unspecified atom stereocenters. The van der Waals surface area contributed by atoms with E-state index < -0.39 is 0 Å². The molecule has 4 aromatic rings. The Morgan fingerprint density at radius 2 is 1.88 bits per heavy atom. The summed E-state index contributed by atoms with van der Waals surface area (Å²) < 4.78 is 14.7. The number of carbonyl (C=O) groups excluding carboxylic acids is 1. The summed E-state index contributed by atoms with van der Waals surface area (Å²) in [6.45, 7) is 4.55. The number of likely N-dealkylation sites (N-methyl/N-ethyl adjacent to an activating group) is 1. The molecule has 0 aliphatic heterocycles. The number of hydrogen-bond acceptors (Lipinski definition) is 5. The smallest absolute Gasteiger partial charge is 0.252 e. The van der Waals surface area contributed by atoms with E-state index in [1.165, 1.54) is 12.1 Å². The van der Waals surface area contributed by atoms with Crippen molar-refractivity contribution in [2.24, 2.45) is 0 Å². The van der Waals surface area contributed by atoms with Gasteiger partial charge in [0.05, 0.1) is 12.1 Å². The zero-order valence-corrected chi connectivity index (χ0v) is 19.2. The summed E-state index contributed by atoms with van der Waals surface area (Å²) in [4.78, 5) is 23.1. The first-order valence-corrected chi connectivity index (χ1v) is 11.1. The van der Waals surface area contributed by atoms with Crippen LogP contribution in [0.1, 0.15) is 42.2 Å². The number of benzene rings is 1. The minimum absolute atomic E-state index is 0.00205. The lowest BCUT2D eigenvalue weighted by Gasteiger charge is -2.16. The van der Waals surface area contributed by atoms with E-state index in [1.54, 1.807) is 21.5 Å². The first kappa shape index (κ1) is 22.6. The molecule has 33 heavy (non-hydrogen) atoms. The van der Waals surface area contributed by atoms with Gasteiger partial charge in [-0.1, -0.05) is 6.42 Å². The molecule has 0 aliphatic carbocycles. The highest BCUT2D eigenvalue weighted by Gasteiger charge is 2.15. The number of unbranched alkanes of at least 4 members (excludes halogenated alkanes) is 2. The van der Waals surface area contributed by atoms with Gasteiger partial charge in [0.15, 0.2) is 5.82 Å². The Balaban J connectivity index is 1.20. The van der Waals surface area contributed by atoms with Crippen LogP contribution >= 0.6 is 0 Å². The molecule has 1 N–H and O–H groups in total. The van der Waals surface area contributed by atoms with Gasteiger partial charge in [0.1, 0.15) is 5.82 Å². The molecule has 0 radical (unpaired) electrons. The van der Waals surface area contributed by atoms with Gasteiger partial charge in [-0.05, 0) is 69.5 Å². The van der Waals surface area contributed by atoms with Crippen molar-refractivity contribution >= 4 is 11.7 Å². The highest BCUT2D eigenvalue weighted by Crippen LogP contribution is 2.19. The van der Waals surface area contributed by atoms with Crippen LogP contribution in [-0.4, -0.2) is 54.2 Å². The van der Waals surface area contributed by atoms with Crippen molar-refractivity contribution in [3.8, 4) is 11.3 Å². The highest BCUT2D eigenvalue weighted by molar-refractivity contribution is 5.77. The summed E-state index contributed by atoms with van der Waals surface area (Å²) in [6, 6.07) is 10.3. The second kappa shape index (κ2) is 9.89. The van der Waals surface area contributed by atoms with E-state index in [-0.39, 0.29) is 18.1 Å². The van der Waals surface area contributed by atoms with Gasteiger partial charge in [-0.15, -0.1) is 5.10 Å². The zero-order chi connectivity index (χ0) is 23.4. The van der Waals surface area contributed by atoms with Crippen LogP contribution in [-0.2, 0) is 17.6 Å². The fourth-order valence-electron chi connectivity index (χ4n) is 3.78. The summed E-state index contributed by atoms with van der Waals surface area (Å²) >= 11 is 0. The highest BCUT2D eigenvalue weighted by atomic mass is 19.1. The van der Waals surface area contributed by atoms with E-state index in [4.69, 9.17) is 0 Å². The third-order valence-corrected chi connectivity index (χ3v) is 5.61.